The largest absolute Gasteiger partial charge is 0.490 e. The van der Waals surface area contributed by atoms with E-state index in [1.165, 1.54) is 43.1 Å². The van der Waals surface area contributed by atoms with E-state index in [1.54, 1.807) is 12.5 Å². The molecule has 0 bridgehead atoms. The van der Waals surface area contributed by atoms with E-state index >= 15 is 0 Å². The molecular weight excluding hydrogens is 390 g/mol. The smallest absolute Gasteiger partial charge is 0.222 e. The summed E-state index contributed by atoms with van der Waals surface area (Å²) in [5.74, 6) is 1.69. The number of oxime groups is 1. The fraction of sp³-hybridized carbons (Fsp3) is 0.520. The number of ether oxygens (including phenoxy) is 2. The van der Waals surface area contributed by atoms with Gasteiger partial charge in [-0.1, -0.05) is 36.6 Å². The lowest BCUT2D eigenvalue weighted by molar-refractivity contribution is 0.215. The van der Waals surface area contributed by atoms with Gasteiger partial charge in [0.2, 0.25) is 5.88 Å². The highest BCUT2D eigenvalue weighted by Crippen LogP contribution is 2.24. The molecule has 0 aliphatic rings. The van der Waals surface area contributed by atoms with Gasteiger partial charge in [-0.15, -0.1) is 0 Å². The minimum Gasteiger partial charge on any atom is -0.490 e. The van der Waals surface area contributed by atoms with Gasteiger partial charge in [-0.2, -0.15) is 0 Å². The third kappa shape index (κ3) is 8.12. The molecule has 1 aromatic heterocycles. The minimum absolute atomic E-state index is 0.626. The van der Waals surface area contributed by atoms with Gasteiger partial charge < -0.3 is 18.9 Å². The summed E-state index contributed by atoms with van der Waals surface area (Å²) in [6.07, 6.45) is 14.3. The summed E-state index contributed by atoms with van der Waals surface area (Å²) in [5.41, 5.74) is 4.80. The van der Waals surface area contributed by atoms with Crippen molar-refractivity contribution in [2.75, 3.05) is 20.3 Å². The summed E-state index contributed by atoms with van der Waals surface area (Å²) in [4.78, 5) is 8.98. The van der Waals surface area contributed by atoms with Crippen molar-refractivity contribution in [2.45, 2.75) is 59.3 Å². The Morgan fingerprint density at radius 2 is 1.74 bits per heavy atom. The van der Waals surface area contributed by atoms with Crippen LogP contribution in [0.25, 0.3) is 0 Å². The molecule has 0 amide bonds. The normalized spacial score (nSPS) is 11.5. The first kappa shape index (κ1) is 24.5. The van der Waals surface area contributed by atoms with Crippen LogP contribution in [-0.4, -0.2) is 36.1 Å². The van der Waals surface area contributed by atoms with Crippen LogP contribution in [0.1, 0.15) is 61.4 Å². The zero-order chi connectivity index (χ0) is 22.5. The summed E-state index contributed by atoms with van der Waals surface area (Å²) in [6.45, 7) is 7.69. The van der Waals surface area contributed by atoms with Crippen molar-refractivity contribution < 1.29 is 14.3 Å². The molecule has 6 nitrogen and oxygen atoms in total. The van der Waals surface area contributed by atoms with E-state index < -0.39 is 0 Å². The lowest BCUT2D eigenvalue weighted by Crippen LogP contribution is -2.03. The van der Waals surface area contributed by atoms with Gasteiger partial charge in [-0.05, 0) is 68.9 Å². The van der Waals surface area contributed by atoms with Gasteiger partial charge in [0.1, 0.15) is 25.2 Å². The molecule has 0 saturated carbocycles. The van der Waals surface area contributed by atoms with Crippen LogP contribution in [0.15, 0.2) is 35.8 Å². The fourth-order valence-electron chi connectivity index (χ4n) is 3.58. The topological polar surface area (TPSA) is 57.9 Å². The Balaban J connectivity index is 1.66. The lowest BCUT2D eigenvalue weighted by atomic mass is 9.96. The number of aryl methyl sites for hydroxylation is 3. The van der Waals surface area contributed by atoms with Gasteiger partial charge in [0.25, 0.3) is 0 Å². The number of imidazole rings is 1. The maximum Gasteiger partial charge on any atom is 0.222 e. The van der Waals surface area contributed by atoms with Crippen molar-refractivity contribution in [1.29, 1.82) is 0 Å². The Labute approximate surface area is 186 Å². The molecule has 6 heteroatoms. The number of rotatable bonds is 14. The second kappa shape index (κ2) is 13.5. The van der Waals surface area contributed by atoms with Crippen LogP contribution in [0, 0.1) is 13.8 Å². The number of benzene rings is 1. The molecule has 0 radical (unpaired) electrons. The maximum atomic E-state index is 5.90. The highest BCUT2D eigenvalue weighted by molar-refractivity contribution is 5.79. The number of aromatic nitrogens is 2. The van der Waals surface area contributed by atoms with Crippen LogP contribution in [-0.2, 0) is 18.3 Å². The highest BCUT2D eigenvalue weighted by Gasteiger charge is 2.09. The number of allylic oxidation sites excluding steroid dienone is 1. The van der Waals surface area contributed by atoms with Crippen LogP contribution < -0.4 is 9.47 Å². The summed E-state index contributed by atoms with van der Waals surface area (Å²) in [6, 6.07) is 4.32. The lowest BCUT2D eigenvalue weighted by Gasteiger charge is -2.13. The molecule has 1 heterocycles. The molecule has 0 N–H and O–H groups in total. The van der Waals surface area contributed by atoms with E-state index in [0.717, 1.165) is 30.9 Å². The molecule has 0 unspecified atom stereocenters. The highest BCUT2D eigenvalue weighted by atomic mass is 16.6. The molecule has 0 fully saturated rings. The van der Waals surface area contributed by atoms with E-state index in [1.807, 2.05) is 30.7 Å². The predicted molar refractivity (Wildman–Crippen MR) is 126 cm³/mol. The Morgan fingerprint density at radius 3 is 2.45 bits per heavy atom. The average molecular weight is 428 g/mol. The number of hydrogen-bond donors (Lipinski definition) is 0. The molecule has 0 spiro atoms. The monoisotopic (exact) mass is 427 g/mol. The third-order valence-corrected chi connectivity index (χ3v) is 5.25. The second-order valence-corrected chi connectivity index (χ2v) is 7.74. The van der Waals surface area contributed by atoms with Crippen molar-refractivity contribution in [3.05, 3.63) is 53.0 Å². The van der Waals surface area contributed by atoms with E-state index in [2.05, 4.69) is 36.1 Å². The Morgan fingerprint density at radius 1 is 1.03 bits per heavy atom. The van der Waals surface area contributed by atoms with E-state index in [0.29, 0.717) is 18.9 Å². The van der Waals surface area contributed by atoms with Gasteiger partial charge in [0, 0.05) is 7.05 Å². The molecule has 170 valence electrons. The summed E-state index contributed by atoms with van der Waals surface area (Å²) >= 11 is 0. The van der Waals surface area contributed by atoms with Gasteiger partial charge in [-0.25, -0.2) is 4.98 Å². The molecule has 31 heavy (non-hydrogen) atoms. The SMILES string of the molecule is C/C=C/COc1cc(C)c(CCCCCCCOc2c(C=NOC)ncn2C)c(C)c1. The zero-order valence-electron chi connectivity index (χ0n) is 19.7. The Bertz CT molecular complexity index is 833. The molecule has 0 saturated heterocycles. The van der Waals surface area contributed by atoms with Gasteiger partial charge >= 0.3 is 0 Å². The molecule has 2 aromatic rings. The van der Waals surface area contributed by atoms with Crippen molar-refractivity contribution in [3.8, 4) is 11.6 Å². The van der Waals surface area contributed by atoms with Gasteiger partial charge in [-0.3, -0.25) is 0 Å². The van der Waals surface area contributed by atoms with Crippen molar-refractivity contribution in [2.24, 2.45) is 12.2 Å². The average Bonchev–Trinajstić information content (AvgIpc) is 3.09. The number of unbranched alkanes of at least 4 members (excludes halogenated alkanes) is 4. The van der Waals surface area contributed by atoms with Gasteiger partial charge in [0.15, 0.2) is 0 Å². The molecule has 0 aliphatic heterocycles. The minimum atomic E-state index is 0.626. The molecular formula is C25H37N3O3. The molecule has 0 atom stereocenters. The van der Waals surface area contributed by atoms with Crippen LogP contribution in [0.4, 0.5) is 0 Å². The summed E-state index contributed by atoms with van der Waals surface area (Å²) in [7, 11) is 3.43. The first-order valence-electron chi connectivity index (χ1n) is 11.1. The number of nitrogens with zero attached hydrogens (tertiary/aromatic N) is 3. The standard InChI is InChI=1S/C25H37N3O3/c1-6-7-14-30-22-16-20(2)23(21(3)17-22)13-11-9-8-10-12-15-31-25-24(18-27-29-5)26-19-28(25)4/h6-7,16-19H,8-15H2,1-5H3/b7-6+,27-18?. The van der Waals surface area contributed by atoms with E-state index in [4.69, 9.17) is 14.3 Å². The molecule has 1 aromatic carbocycles. The van der Waals surface area contributed by atoms with Crippen molar-refractivity contribution in [3.63, 3.8) is 0 Å². The predicted octanol–water partition coefficient (Wildman–Crippen LogP) is 5.54. The molecule has 0 aliphatic carbocycles. The van der Waals surface area contributed by atoms with E-state index in [-0.39, 0.29) is 0 Å². The van der Waals surface area contributed by atoms with Crippen LogP contribution >= 0.6 is 0 Å². The van der Waals surface area contributed by atoms with Crippen LogP contribution in [0.5, 0.6) is 11.6 Å². The summed E-state index contributed by atoms with van der Waals surface area (Å²) < 4.78 is 13.5. The first-order chi connectivity index (χ1) is 15.1. The van der Waals surface area contributed by atoms with Crippen LogP contribution in [0.3, 0.4) is 0 Å². The van der Waals surface area contributed by atoms with Crippen molar-refractivity contribution >= 4 is 6.21 Å². The van der Waals surface area contributed by atoms with Gasteiger partial charge in [0.05, 0.1) is 19.1 Å². The quantitative estimate of drug-likeness (QED) is 0.172. The Kier molecular flexibility index (Phi) is 10.7. The molecule has 2 rings (SSSR count). The van der Waals surface area contributed by atoms with Crippen molar-refractivity contribution in [1.82, 2.24) is 9.55 Å². The number of hydrogen-bond acceptors (Lipinski definition) is 5. The maximum absolute atomic E-state index is 5.90. The summed E-state index contributed by atoms with van der Waals surface area (Å²) in [5, 5.41) is 3.76. The zero-order valence-corrected chi connectivity index (χ0v) is 19.7. The third-order valence-electron chi connectivity index (χ3n) is 5.25. The Hall–Kier alpha value is -2.76. The van der Waals surface area contributed by atoms with Crippen LogP contribution in [0.2, 0.25) is 0 Å². The van der Waals surface area contributed by atoms with E-state index in [9.17, 15) is 0 Å². The second-order valence-electron chi connectivity index (χ2n) is 7.74. The fourth-order valence-corrected chi connectivity index (χ4v) is 3.58. The first-order valence-corrected chi connectivity index (χ1v) is 11.1.